The maximum absolute atomic E-state index is 11.1. The Morgan fingerprint density at radius 1 is 1.43 bits per heavy atom. The summed E-state index contributed by atoms with van der Waals surface area (Å²) in [5.41, 5.74) is 0.772. The second-order valence-corrected chi connectivity index (χ2v) is 5.62. The van der Waals surface area contributed by atoms with Gasteiger partial charge in [0.2, 0.25) is 0 Å². The summed E-state index contributed by atoms with van der Waals surface area (Å²) in [4.78, 5) is 14.7. The molecule has 2 unspecified atom stereocenters. The zero-order valence-corrected chi connectivity index (χ0v) is 12.0. The Kier molecular flexibility index (Phi) is 3.25. The highest BCUT2D eigenvalue weighted by Gasteiger charge is 2.37. The third-order valence-electron chi connectivity index (χ3n) is 4.30. The molecule has 0 aliphatic carbocycles. The molecule has 1 aromatic carbocycles. The highest BCUT2D eigenvalue weighted by Crippen LogP contribution is 2.35. The molecule has 0 radical (unpaired) electrons. The average Bonchev–Trinajstić information content (AvgIpc) is 2.78. The minimum atomic E-state index is -0.378. The maximum atomic E-state index is 11.1. The molecule has 1 N–H and O–H groups in total. The van der Waals surface area contributed by atoms with E-state index in [9.17, 15) is 10.1 Å². The molecule has 0 bridgehead atoms. The summed E-state index contributed by atoms with van der Waals surface area (Å²) in [5.74, 6) is 0. The minimum absolute atomic E-state index is 0.0736. The van der Waals surface area contributed by atoms with Crippen LogP contribution in [0.4, 0.5) is 11.4 Å². The van der Waals surface area contributed by atoms with Crippen LogP contribution in [0.3, 0.4) is 0 Å². The van der Waals surface area contributed by atoms with Crippen molar-refractivity contribution in [2.45, 2.75) is 31.9 Å². The molecule has 3 rings (SSSR count). The number of hydrogen-bond donors (Lipinski definition) is 1. The van der Waals surface area contributed by atoms with E-state index >= 15 is 0 Å². The minimum Gasteiger partial charge on any atom is -0.377 e. The number of pyridine rings is 1. The Morgan fingerprint density at radius 3 is 2.90 bits per heavy atom. The van der Waals surface area contributed by atoms with Crippen molar-refractivity contribution in [2.75, 3.05) is 11.9 Å². The molecule has 6 nitrogen and oxygen atoms in total. The van der Waals surface area contributed by atoms with Gasteiger partial charge in [-0.3, -0.25) is 15.1 Å². The second-order valence-electron chi connectivity index (χ2n) is 5.62. The number of nitro groups is 1. The van der Waals surface area contributed by atoms with Gasteiger partial charge >= 0.3 is 0 Å². The molecule has 1 fully saturated rings. The standard InChI is InChI=1S/C15H17N3O3/c1-10-15(2,6-8-21-10)17-13-3-4-14(18(19)20)12-9-16-7-5-11(12)13/h3-5,7,9-10,17H,6,8H2,1-2H3. The summed E-state index contributed by atoms with van der Waals surface area (Å²) in [6.07, 6.45) is 4.17. The van der Waals surface area contributed by atoms with Crippen LogP contribution < -0.4 is 5.32 Å². The lowest BCUT2D eigenvalue weighted by Gasteiger charge is -2.30. The Morgan fingerprint density at radius 2 is 2.24 bits per heavy atom. The Labute approximate surface area is 122 Å². The van der Waals surface area contributed by atoms with E-state index in [1.165, 1.54) is 12.3 Å². The van der Waals surface area contributed by atoms with Crippen LogP contribution in [0.15, 0.2) is 30.6 Å². The second kappa shape index (κ2) is 4.96. The predicted molar refractivity (Wildman–Crippen MR) is 80.5 cm³/mol. The summed E-state index contributed by atoms with van der Waals surface area (Å²) in [6.45, 7) is 4.87. The molecular weight excluding hydrogens is 270 g/mol. The monoisotopic (exact) mass is 287 g/mol. The van der Waals surface area contributed by atoms with Crippen molar-refractivity contribution in [3.63, 3.8) is 0 Å². The van der Waals surface area contributed by atoms with Crippen LogP contribution in [0.25, 0.3) is 10.8 Å². The Hall–Kier alpha value is -2.21. The van der Waals surface area contributed by atoms with Gasteiger partial charge in [-0.15, -0.1) is 0 Å². The lowest BCUT2D eigenvalue weighted by atomic mass is 9.93. The SMILES string of the molecule is CC1OCCC1(C)Nc1ccc([N+](=O)[O-])c2cnccc12. The molecule has 0 spiro atoms. The van der Waals surface area contributed by atoms with Crippen molar-refractivity contribution in [1.82, 2.24) is 4.98 Å². The van der Waals surface area contributed by atoms with Gasteiger partial charge < -0.3 is 10.1 Å². The number of nitro benzene ring substituents is 1. The first-order chi connectivity index (χ1) is 10.0. The van der Waals surface area contributed by atoms with Gasteiger partial charge in [-0.2, -0.15) is 0 Å². The van der Waals surface area contributed by atoms with E-state index in [0.29, 0.717) is 5.39 Å². The zero-order chi connectivity index (χ0) is 15.0. The summed E-state index contributed by atoms with van der Waals surface area (Å²) in [7, 11) is 0. The highest BCUT2D eigenvalue weighted by molar-refractivity contribution is 5.99. The third kappa shape index (κ3) is 2.31. The first-order valence-electron chi connectivity index (χ1n) is 6.92. The van der Waals surface area contributed by atoms with Crippen LogP contribution >= 0.6 is 0 Å². The number of nitrogens with one attached hydrogen (secondary N) is 1. The number of fused-ring (bicyclic) bond motifs is 1. The van der Waals surface area contributed by atoms with Gasteiger partial charge in [0, 0.05) is 36.1 Å². The molecule has 1 aliphatic heterocycles. The fraction of sp³-hybridized carbons (Fsp3) is 0.400. The number of ether oxygens (including phenoxy) is 1. The largest absolute Gasteiger partial charge is 0.377 e. The average molecular weight is 287 g/mol. The van der Waals surface area contributed by atoms with Crippen LogP contribution in [0, 0.1) is 10.1 Å². The number of anilines is 1. The molecule has 0 saturated carbocycles. The first kappa shape index (κ1) is 13.8. The van der Waals surface area contributed by atoms with Gasteiger partial charge in [-0.05, 0) is 32.4 Å². The summed E-state index contributed by atoms with van der Waals surface area (Å²) in [5, 5.41) is 16.0. The van der Waals surface area contributed by atoms with Gasteiger partial charge in [0.05, 0.1) is 22.0 Å². The molecule has 2 atom stereocenters. The molecule has 1 saturated heterocycles. The molecule has 1 aliphatic rings. The first-order valence-corrected chi connectivity index (χ1v) is 6.92. The Balaban J connectivity index is 2.08. The van der Waals surface area contributed by atoms with E-state index in [1.807, 2.05) is 6.92 Å². The number of nitrogens with zero attached hydrogens (tertiary/aromatic N) is 2. The van der Waals surface area contributed by atoms with E-state index in [1.54, 1.807) is 18.3 Å². The van der Waals surface area contributed by atoms with Crippen LogP contribution in [0.1, 0.15) is 20.3 Å². The summed E-state index contributed by atoms with van der Waals surface area (Å²) < 4.78 is 5.63. The molecule has 1 aromatic heterocycles. The quantitative estimate of drug-likeness (QED) is 0.693. The zero-order valence-electron chi connectivity index (χ0n) is 12.0. The van der Waals surface area contributed by atoms with E-state index in [-0.39, 0.29) is 22.3 Å². The van der Waals surface area contributed by atoms with Crippen molar-refractivity contribution in [3.05, 3.63) is 40.7 Å². The topological polar surface area (TPSA) is 77.3 Å². The number of aromatic nitrogens is 1. The van der Waals surface area contributed by atoms with E-state index in [0.717, 1.165) is 24.1 Å². The molecular formula is C15H17N3O3. The van der Waals surface area contributed by atoms with Crippen LogP contribution in [-0.4, -0.2) is 28.2 Å². The molecule has 110 valence electrons. The molecule has 2 aromatic rings. The van der Waals surface area contributed by atoms with Gasteiger partial charge in [-0.25, -0.2) is 0 Å². The van der Waals surface area contributed by atoms with Crippen molar-refractivity contribution >= 4 is 22.1 Å². The summed E-state index contributed by atoms with van der Waals surface area (Å²) >= 11 is 0. The number of non-ortho nitro benzene ring substituents is 1. The third-order valence-corrected chi connectivity index (χ3v) is 4.30. The van der Waals surface area contributed by atoms with E-state index in [4.69, 9.17) is 4.74 Å². The highest BCUT2D eigenvalue weighted by atomic mass is 16.6. The number of rotatable bonds is 3. The molecule has 21 heavy (non-hydrogen) atoms. The molecule has 2 heterocycles. The summed E-state index contributed by atoms with van der Waals surface area (Å²) in [6, 6.07) is 5.08. The Bertz CT molecular complexity index is 704. The van der Waals surface area contributed by atoms with Crippen molar-refractivity contribution in [3.8, 4) is 0 Å². The van der Waals surface area contributed by atoms with Crippen LogP contribution in [0.2, 0.25) is 0 Å². The van der Waals surface area contributed by atoms with Gasteiger partial charge in [0.15, 0.2) is 0 Å². The normalized spacial score (nSPS) is 25.1. The fourth-order valence-corrected chi connectivity index (χ4v) is 2.75. The lowest BCUT2D eigenvalue weighted by Crippen LogP contribution is -2.41. The van der Waals surface area contributed by atoms with E-state index in [2.05, 4.69) is 17.2 Å². The van der Waals surface area contributed by atoms with Gasteiger partial charge in [-0.1, -0.05) is 0 Å². The van der Waals surface area contributed by atoms with Crippen LogP contribution in [-0.2, 0) is 4.74 Å². The molecule has 6 heteroatoms. The fourth-order valence-electron chi connectivity index (χ4n) is 2.75. The lowest BCUT2D eigenvalue weighted by molar-refractivity contribution is -0.383. The van der Waals surface area contributed by atoms with Crippen molar-refractivity contribution < 1.29 is 9.66 Å². The van der Waals surface area contributed by atoms with Gasteiger partial charge in [0.1, 0.15) is 0 Å². The number of hydrogen-bond acceptors (Lipinski definition) is 5. The van der Waals surface area contributed by atoms with Crippen molar-refractivity contribution in [2.24, 2.45) is 0 Å². The van der Waals surface area contributed by atoms with Crippen molar-refractivity contribution in [1.29, 1.82) is 0 Å². The smallest absolute Gasteiger partial charge is 0.278 e. The van der Waals surface area contributed by atoms with Crippen LogP contribution in [0.5, 0.6) is 0 Å². The molecule has 0 amide bonds. The predicted octanol–water partition coefficient (Wildman–Crippen LogP) is 3.12. The van der Waals surface area contributed by atoms with Gasteiger partial charge in [0.25, 0.3) is 5.69 Å². The maximum Gasteiger partial charge on any atom is 0.278 e. The number of benzene rings is 1. The van der Waals surface area contributed by atoms with E-state index < -0.39 is 0 Å².